The van der Waals surface area contributed by atoms with Gasteiger partial charge in [-0.2, -0.15) is 0 Å². The van der Waals surface area contributed by atoms with E-state index in [2.05, 4.69) is 5.32 Å². The van der Waals surface area contributed by atoms with Crippen LogP contribution in [0.5, 0.6) is 0 Å². The summed E-state index contributed by atoms with van der Waals surface area (Å²) in [5.74, 6) is -0.0939. The van der Waals surface area contributed by atoms with Crippen molar-refractivity contribution in [2.75, 3.05) is 17.4 Å². The number of halogens is 1. The van der Waals surface area contributed by atoms with Gasteiger partial charge in [0.1, 0.15) is 6.54 Å². The van der Waals surface area contributed by atoms with Crippen molar-refractivity contribution in [3.05, 3.63) is 59.1 Å². The molecule has 140 valence electrons. The van der Waals surface area contributed by atoms with Gasteiger partial charge in [-0.05, 0) is 42.7 Å². The van der Waals surface area contributed by atoms with Crippen LogP contribution in [-0.4, -0.2) is 27.4 Å². The largest absolute Gasteiger partial charge is 0.354 e. The molecule has 0 heterocycles. The first-order valence-electron chi connectivity index (χ1n) is 8.33. The van der Waals surface area contributed by atoms with E-state index in [4.69, 9.17) is 11.6 Å². The minimum atomic E-state index is -3.91. The smallest absolute Gasteiger partial charge is 0.264 e. The number of rotatable bonds is 7. The van der Waals surface area contributed by atoms with Crippen molar-refractivity contribution in [2.45, 2.75) is 25.7 Å². The highest BCUT2D eigenvalue weighted by atomic mass is 35.5. The lowest BCUT2D eigenvalue weighted by Crippen LogP contribution is -2.42. The van der Waals surface area contributed by atoms with Crippen LogP contribution in [0.15, 0.2) is 53.4 Å². The minimum Gasteiger partial charge on any atom is -0.354 e. The van der Waals surface area contributed by atoms with E-state index in [9.17, 15) is 13.2 Å². The standard InChI is InChI=1S/C19H23ClN2O3S/c1-14(2)12-21-19(23)13-22(18-11-7-10-17(20)15(18)3)26(24,25)16-8-5-4-6-9-16/h4-11,14H,12-13H2,1-3H3,(H,21,23). The van der Waals surface area contributed by atoms with Gasteiger partial charge in [0.25, 0.3) is 10.0 Å². The molecule has 0 bridgehead atoms. The van der Waals surface area contributed by atoms with Crippen LogP contribution >= 0.6 is 11.6 Å². The molecule has 0 saturated carbocycles. The molecule has 0 aliphatic heterocycles. The molecule has 2 aromatic rings. The molecule has 2 aromatic carbocycles. The Kier molecular flexibility index (Phi) is 6.67. The minimum absolute atomic E-state index is 0.121. The maximum absolute atomic E-state index is 13.2. The molecule has 0 radical (unpaired) electrons. The third kappa shape index (κ3) is 4.77. The monoisotopic (exact) mass is 394 g/mol. The van der Waals surface area contributed by atoms with Crippen molar-refractivity contribution in [2.24, 2.45) is 5.92 Å². The maximum Gasteiger partial charge on any atom is 0.264 e. The Balaban J connectivity index is 2.45. The van der Waals surface area contributed by atoms with E-state index in [1.54, 1.807) is 43.3 Å². The van der Waals surface area contributed by atoms with Gasteiger partial charge >= 0.3 is 0 Å². The molecule has 0 atom stereocenters. The summed E-state index contributed by atoms with van der Waals surface area (Å²) in [5, 5.41) is 3.20. The number of benzene rings is 2. The number of carbonyl (C=O) groups excluding carboxylic acids is 1. The first-order chi connectivity index (χ1) is 12.2. The second kappa shape index (κ2) is 8.56. The van der Waals surface area contributed by atoms with Crippen LogP contribution in [0.2, 0.25) is 5.02 Å². The zero-order valence-electron chi connectivity index (χ0n) is 15.1. The Morgan fingerprint density at radius 2 is 1.77 bits per heavy atom. The number of nitrogens with zero attached hydrogens (tertiary/aromatic N) is 1. The van der Waals surface area contributed by atoms with Crippen LogP contribution in [-0.2, 0) is 14.8 Å². The second-order valence-corrected chi connectivity index (χ2v) is 8.68. The van der Waals surface area contributed by atoms with Gasteiger partial charge in [0.2, 0.25) is 5.91 Å². The van der Waals surface area contributed by atoms with Crippen molar-refractivity contribution in [3.63, 3.8) is 0 Å². The van der Waals surface area contributed by atoms with Crippen molar-refractivity contribution >= 4 is 33.2 Å². The van der Waals surface area contributed by atoms with Gasteiger partial charge in [-0.3, -0.25) is 9.10 Å². The molecule has 0 fully saturated rings. The molecule has 5 nitrogen and oxygen atoms in total. The van der Waals surface area contributed by atoms with Gasteiger partial charge in [0.15, 0.2) is 0 Å². The third-order valence-corrected chi connectivity index (χ3v) is 6.02. The summed E-state index contributed by atoms with van der Waals surface area (Å²) in [6.45, 7) is 5.84. The topological polar surface area (TPSA) is 66.5 Å². The molecule has 0 saturated heterocycles. The number of sulfonamides is 1. The van der Waals surface area contributed by atoms with Crippen LogP contribution in [0.4, 0.5) is 5.69 Å². The van der Waals surface area contributed by atoms with Crippen LogP contribution in [0, 0.1) is 12.8 Å². The maximum atomic E-state index is 13.2. The number of carbonyl (C=O) groups is 1. The third-order valence-electron chi connectivity index (χ3n) is 3.83. The lowest BCUT2D eigenvalue weighted by molar-refractivity contribution is -0.119. The van der Waals surface area contributed by atoms with Crippen molar-refractivity contribution in [3.8, 4) is 0 Å². The molecule has 0 unspecified atom stereocenters. The first-order valence-corrected chi connectivity index (χ1v) is 10.1. The van der Waals surface area contributed by atoms with Crippen LogP contribution < -0.4 is 9.62 Å². The van der Waals surface area contributed by atoms with Gasteiger partial charge < -0.3 is 5.32 Å². The Labute approximate surface area is 160 Å². The predicted molar refractivity (Wildman–Crippen MR) is 105 cm³/mol. The average molecular weight is 395 g/mol. The van der Waals surface area contributed by atoms with Crippen LogP contribution in [0.25, 0.3) is 0 Å². The summed E-state index contributed by atoms with van der Waals surface area (Å²) >= 11 is 6.17. The predicted octanol–water partition coefficient (Wildman–Crippen LogP) is 3.62. The molecular formula is C19H23ClN2O3S. The molecular weight excluding hydrogens is 372 g/mol. The van der Waals surface area contributed by atoms with Crippen molar-refractivity contribution < 1.29 is 13.2 Å². The fourth-order valence-corrected chi connectivity index (χ4v) is 4.06. The quantitative estimate of drug-likeness (QED) is 0.779. The normalized spacial score (nSPS) is 11.4. The Morgan fingerprint density at radius 3 is 2.38 bits per heavy atom. The number of hydrogen-bond acceptors (Lipinski definition) is 3. The van der Waals surface area contributed by atoms with E-state index in [0.29, 0.717) is 22.8 Å². The van der Waals surface area contributed by atoms with Crippen molar-refractivity contribution in [1.29, 1.82) is 0 Å². The molecule has 0 spiro atoms. The van der Waals surface area contributed by atoms with Gasteiger partial charge in [0, 0.05) is 11.6 Å². The number of amides is 1. The second-order valence-electron chi connectivity index (χ2n) is 6.41. The zero-order chi connectivity index (χ0) is 19.3. The number of nitrogens with one attached hydrogen (secondary N) is 1. The van der Waals surface area contributed by atoms with Gasteiger partial charge in [-0.1, -0.05) is 49.7 Å². The Morgan fingerprint density at radius 1 is 1.12 bits per heavy atom. The summed E-state index contributed by atoms with van der Waals surface area (Å²) < 4.78 is 27.5. The number of anilines is 1. The van der Waals surface area contributed by atoms with E-state index < -0.39 is 10.0 Å². The molecule has 0 aromatic heterocycles. The highest BCUT2D eigenvalue weighted by Crippen LogP contribution is 2.30. The zero-order valence-corrected chi connectivity index (χ0v) is 16.6. The SMILES string of the molecule is Cc1c(Cl)cccc1N(CC(=O)NCC(C)C)S(=O)(=O)c1ccccc1. The lowest BCUT2D eigenvalue weighted by atomic mass is 10.2. The average Bonchev–Trinajstić information content (AvgIpc) is 2.61. The molecule has 2 rings (SSSR count). The van der Waals surface area contributed by atoms with Gasteiger partial charge in [-0.15, -0.1) is 0 Å². The summed E-state index contributed by atoms with van der Waals surface area (Å²) in [6.07, 6.45) is 0. The molecule has 0 aliphatic carbocycles. The molecule has 1 amide bonds. The van der Waals surface area contributed by atoms with Gasteiger partial charge in [0.05, 0.1) is 10.6 Å². The molecule has 26 heavy (non-hydrogen) atoms. The van der Waals surface area contributed by atoms with Crippen LogP contribution in [0.1, 0.15) is 19.4 Å². The Bertz CT molecular complexity index is 868. The van der Waals surface area contributed by atoms with E-state index in [0.717, 1.165) is 4.31 Å². The highest BCUT2D eigenvalue weighted by molar-refractivity contribution is 7.92. The molecule has 7 heteroatoms. The van der Waals surface area contributed by atoms with E-state index >= 15 is 0 Å². The van der Waals surface area contributed by atoms with E-state index in [-0.39, 0.29) is 23.3 Å². The van der Waals surface area contributed by atoms with E-state index in [1.165, 1.54) is 12.1 Å². The Hall–Kier alpha value is -2.05. The fraction of sp³-hybridized carbons (Fsp3) is 0.316. The van der Waals surface area contributed by atoms with E-state index in [1.807, 2.05) is 13.8 Å². The van der Waals surface area contributed by atoms with Gasteiger partial charge in [-0.25, -0.2) is 8.42 Å². The number of hydrogen-bond donors (Lipinski definition) is 1. The summed E-state index contributed by atoms with van der Waals surface area (Å²) in [5.41, 5.74) is 0.992. The first kappa shape index (κ1) is 20.3. The van der Waals surface area contributed by atoms with Crippen LogP contribution in [0.3, 0.4) is 0 Å². The fourth-order valence-electron chi connectivity index (χ4n) is 2.39. The summed E-state index contributed by atoms with van der Waals surface area (Å²) in [7, 11) is -3.91. The van der Waals surface area contributed by atoms with Crippen molar-refractivity contribution in [1.82, 2.24) is 5.32 Å². The highest BCUT2D eigenvalue weighted by Gasteiger charge is 2.28. The molecule has 0 aliphatic rings. The summed E-state index contributed by atoms with van der Waals surface area (Å²) in [4.78, 5) is 12.5. The lowest BCUT2D eigenvalue weighted by Gasteiger charge is -2.26. The summed E-state index contributed by atoms with van der Waals surface area (Å²) in [6, 6.07) is 13.1. The molecule has 1 N–H and O–H groups in total.